The number of carbonyl (C=O) groups is 3. The minimum Gasteiger partial charge on any atom is -0.497 e. The number of ether oxygens (including phenoxy) is 1. The first-order chi connectivity index (χ1) is 15.8. The van der Waals surface area contributed by atoms with E-state index in [4.69, 9.17) is 16.3 Å². The smallest absolute Gasteiger partial charge is 0.354 e. The monoisotopic (exact) mass is 471 g/mol. The van der Waals surface area contributed by atoms with E-state index >= 15 is 0 Å². The Balaban J connectivity index is 1.82. The van der Waals surface area contributed by atoms with Gasteiger partial charge in [-0.05, 0) is 35.7 Å². The van der Waals surface area contributed by atoms with Gasteiger partial charge < -0.3 is 20.3 Å². The average molecular weight is 472 g/mol. The van der Waals surface area contributed by atoms with Gasteiger partial charge in [0.1, 0.15) is 11.4 Å². The summed E-state index contributed by atoms with van der Waals surface area (Å²) in [7, 11) is 1.52. The highest BCUT2D eigenvalue weighted by Crippen LogP contribution is 2.19. The van der Waals surface area contributed by atoms with E-state index < -0.39 is 23.9 Å². The van der Waals surface area contributed by atoms with Crippen molar-refractivity contribution in [2.24, 2.45) is 0 Å². The summed E-state index contributed by atoms with van der Waals surface area (Å²) >= 11 is 6.17. The van der Waals surface area contributed by atoms with E-state index in [1.165, 1.54) is 11.8 Å². The van der Waals surface area contributed by atoms with Crippen molar-refractivity contribution in [2.45, 2.75) is 25.4 Å². The van der Waals surface area contributed by atoms with Crippen LogP contribution < -0.4 is 10.1 Å². The highest BCUT2D eigenvalue weighted by Gasteiger charge is 2.23. The van der Waals surface area contributed by atoms with Gasteiger partial charge in [-0.15, -0.1) is 0 Å². The lowest BCUT2D eigenvalue weighted by Gasteiger charge is -2.17. The number of hydrogen-bond donors (Lipinski definition) is 3. The van der Waals surface area contributed by atoms with Gasteiger partial charge in [-0.3, -0.25) is 14.3 Å². The van der Waals surface area contributed by atoms with Crippen molar-refractivity contribution in [2.75, 3.05) is 7.11 Å². The molecule has 10 heteroatoms. The molecule has 33 heavy (non-hydrogen) atoms. The van der Waals surface area contributed by atoms with Gasteiger partial charge in [-0.2, -0.15) is 5.10 Å². The number of aliphatic carboxylic acids is 1. The largest absolute Gasteiger partial charge is 0.497 e. The summed E-state index contributed by atoms with van der Waals surface area (Å²) in [5.41, 5.74) is 1.10. The Kier molecular flexibility index (Phi) is 7.68. The molecule has 0 fully saturated rings. The van der Waals surface area contributed by atoms with Crippen LogP contribution in [0.2, 0.25) is 5.02 Å². The Hall–Kier alpha value is -3.85. The second-order valence-electron chi connectivity index (χ2n) is 7.29. The fraction of sp³-hybridized carbons (Fsp3) is 0.217. The third-order valence-corrected chi connectivity index (χ3v) is 5.25. The minimum atomic E-state index is -1.25. The number of hydrogen-bond acceptors (Lipinski definition) is 5. The SMILES string of the molecule is COc1cccc(Cn2nc(C(=O)NC(CC(=O)O)Cc3ccccc3Cl)cc2C(=O)O)c1. The summed E-state index contributed by atoms with van der Waals surface area (Å²) < 4.78 is 6.38. The third kappa shape index (κ3) is 6.33. The van der Waals surface area contributed by atoms with Crippen LogP contribution in [0.3, 0.4) is 0 Å². The maximum atomic E-state index is 12.8. The second-order valence-corrected chi connectivity index (χ2v) is 7.70. The number of carboxylic acids is 2. The van der Waals surface area contributed by atoms with E-state index in [9.17, 15) is 24.6 Å². The van der Waals surface area contributed by atoms with Crippen LogP contribution in [0.25, 0.3) is 0 Å². The quantitative estimate of drug-likeness (QED) is 0.414. The summed E-state index contributed by atoms with van der Waals surface area (Å²) in [5.74, 6) is -2.42. The van der Waals surface area contributed by atoms with E-state index in [0.29, 0.717) is 16.3 Å². The molecule has 3 rings (SSSR count). The highest BCUT2D eigenvalue weighted by molar-refractivity contribution is 6.31. The van der Waals surface area contributed by atoms with E-state index in [2.05, 4.69) is 10.4 Å². The molecule has 0 bridgehead atoms. The molecule has 1 unspecified atom stereocenters. The van der Waals surface area contributed by atoms with E-state index in [-0.39, 0.29) is 30.8 Å². The third-order valence-electron chi connectivity index (χ3n) is 4.88. The lowest BCUT2D eigenvalue weighted by atomic mass is 10.0. The Morgan fingerprint density at radius 1 is 1.12 bits per heavy atom. The molecule has 0 saturated carbocycles. The topological polar surface area (TPSA) is 131 Å². The zero-order chi connectivity index (χ0) is 24.0. The standard InChI is InChI=1S/C23H22ClN3O6/c1-33-17-7-4-5-14(9-17)13-27-20(23(31)32)12-19(26-27)22(30)25-16(11-21(28)29)10-15-6-2-3-8-18(15)24/h2-9,12,16H,10-11,13H2,1H3,(H,25,30)(H,28,29)(H,31,32). The number of nitrogens with zero attached hydrogens (tertiary/aromatic N) is 2. The van der Waals surface area contributed by atoms with Gasteiger partial charge in [0.05, 0.1) is 20.1 Å². The lowest BCUT2D eigenvalue weighted by molar-refractivity contribution is -0.137. The molecule has 1 amide bonds. The van der Waals surface area contributed by atoms with Crippen LogP contribution in [0.15, 0.2) is 54.6 Å². The number of rotatable bonds is 10. The molecule has 172 valence electrons. The Morgan fingerprint density at radius 3 is 2.55 bits per heavy atom. The van der Waals surface area contributed by atoms with Crippen molar-refractivity contribution in [3.05, 3.63) is 82.1 Å². The molecule has 3 aromatic rings. The summed E-state index contributed by atoms with van der Waals surface area (Å²) in [6, 6.07) is 14.4. The summed E-state index contributed by atoms with van der Waals surface area (Å²) in [6.45, 7) is 0.101. The molecular formula is C23H22ClN3O6. The van der Waals surface area contributed by atoms with Crippen molar-refractivity contribution in [1.29, 1.82) is 0 Å². The number of carboxylic acid groups (broad SMARTS) is 2. The molecule has 1 heterocycles. The summed E-state index contributed by atoms with van der Waals surface area (Å²) in [6.07, 6.45) is -0.151. The lowest BCUT2D eigenvalue weighted by Crippen LogP contribution is -2.38. The number of methoxy groups -OCH3 is 1. The second kappa shape index (κ2) is 10.6. The Labute approximate surface area is 194 Å². The van der Waals surface area contributed by atoms with E-state index in [0.717, 1.165) is 11.6 Å². The molecule has 0 aliphatic rings. The maximum Gasteiger partial charge on any atom is 0.354 e. The number of carbonyl (C=O) groups excluding carboxylic acids is 1. The molecule has 2 aromatic carbocycles. The average Bonchev–Trinajstić information content (AvgIpc) is 3.19. The zero-order valence-electron chi connectivity index (χ0n) is 17.7. The first-order valence-electron chi connectivity index (χ1n) is 9.97. The van der Waals surface area contributed by atoms with E-state index in [1.54, 1.807) is 48.5 Å². The van der Waals surface area contributed by atoms with Gasteiger partial charge in [-0.1, -0.05) is 41.9 Å². The fourth-order valence-electron chi connectivity index (χ4n) is 3.34. The van der Waals surface area contributed by atoms with Gasteiger partial charge in [0.15, 0.2) is 5.69 Å². The maximum absolute atomic E-state index is 12.8. The van der Waals surface area contributed by atoms with Crippen molar-refractivity contribution in [1.82, 2.24) is 15.1 Å². The number of halogens is 1. The van der Waals surface area contributed by atoms with Crippen LogP contribution in [-0.2, 0) is 17.8 Å². The number of nitrogens with one attached hydrogen (secondary N) is 1. The number of aromatic nitrogens is 2. The summed E-state index contributed by atoms with van der Waals surface area (Å²) in [5, 5.41) is 26.0. The Morgan fingerprint density at radius 2 is 1.88 bits per heavy atom. The molecule has 0 aliphatic carbocycles. The highest BCUT2D eigenvalue weighted by atomic mass is 35.5. The van der Waals surface area contributed by atoms with Crippen LogP contribution in [-0.4, -0.2) is 51.0 Å². The van der Waals surface area contributed by atoms with Crippen LogP contribution in [0.1, 0.15) is 38.5 Å². The molecule has 0 saturated heterocycles. The predicted molar refractivity (Wildman–Crippen MR) is 120 cm³/mol. The van der Waals surface area contributed by atoms with Gasteiger partial charge in [0.25, 0.3) is 5.91 Å². The molecule has 3 N–H and O–H groups in total. The molecule has 9 nitrogen and oxygen atoms in total. The first-order valence-corrected chi connectivity index (χ1v) is 10.3. The van der Waals surface area contributed by atoms with Crippen molar-refractivity contribution < 1.29 is 29.3 Å². The van der Waals surface area contributed by atoms with Gasteiger partial charge in [0, 0.05) is 17.1 Å². The molecule has 0 aliphatic heterocycles. The van der Waals surface area contributed by atoms with Crippen molar-refractivity contribution in [3.8, 4) is 5.75 Å². The predicted octanol–water partition coefficient (Wildman–Crippen LogP) is 3.11. The van der Waals surface area contributed by atoms with Gasteiger partial charge >= 0.3 is 11.9 Å². The van der Waals surface area contributed by atoms with Gasteiger partial charge in [0.2, 0.25) is 0 Å². The zero-order valence-corrected chi connectivity index (χ0v) is 18.5. The normalized spacial score (nSPS) is 11.6. The molecule has 0 radical (unpaired) electrons. The van der Waals surface area contributed by atoms with E-state index in [1.807, 2.05) is 0 Å². The number of benzene rings is 2. The fourth-order valence-corrected chi connectivity index (χ4v) is 3.55. The van der Waals surface area contributed by atoms with Crippen LogP contribution in [0.5, 0.6) is 5.75 Å². The first kappa shape index (κ1) is 23.8. The molecule has 1 aromatic heterocycles. The number of aromatic carboxylic acids is 1. The van der Waals surface area contributed by atoms with Crippen LogP contribution in [0, 0.1) is 0 Å². The minimum absolute atomic E-state index is 0.101. The Bertz CT molecular complexity index is 1180. The number of amides is 1. The van der Waals surface area contributed by atoms with Crippen molar-refractivity contribution >= 4 is 29.4 Å². The molecular weight excluding hydrogens is 450 g/mol. The molecule has 0 spiro atoms. The van der Waals surface area contributed by atoms with Crippen molar-refractivity contribution in [3.63, 3.8) is 0 Å². The molecule has 1 atom stereocenters. The summed E-state index contributed by atoms with van der Waals surface area (Å²) in [4.78, 5) is 35.8. The van der Waals surface area contributed by atoms with Crippen LogP contribution >= 0.6 is 11.6 Å². The van der Waals surface area contributed by atoms with Gasteiger partial charge in [-0.25, -0.2) is 4.79 Å². The van der Waals surface area contributed by atoms with Crippen LogP contribution in [0.4, 0.5) is 0 Å².